The molecule has 0 radical (unpaired) electrons. The number of fused-ring (bicyclic) bond motifs is 13. The maximum Gasteiger partial charge on any atom is 0.0726 e. The molecule has 1 atom stereocenters. The van der Waals surface area contributed by atoms with E-state index in [2.05, 4.69) is 231 Å². The molecule has 278 valence electrons. The van der Waals surface area contributed by atoms with Crippen molar-refractivity contribution in [1.82, 2.24) is 0 Å². The summed E-state index contributed by atoms with van der Waals surface area (Å²) in [5.41, 5.74) is 23.7. The Hall–Kier alpha value is -7.22. The molecule has 1 nitrogen and oxygen atoms in total. The lowest BCUT2D eigenvalue weighted by Gasteiger charge is -2.33. The lowest BCUT2D eigenvalue weighted by Crippen LogP contribution is -2.26. The molecule has 0 aliphatic heterocycles. The van der Waals surface area contributed by atoms with Crippen LogP contribution in [0.1, 0.15) is 47.2 Å². The molecule has 0 fully saturated rings. The second-order valence-corrected chi connectivity index (χ2v) is 16.8. The fraction of sp³-hybridized carbons (Fsp3) is 0.0690. The number of anilines is 3. The van der Waals surface area contributed by atoms with Crippen LogP contribution in [0.25, 0.3) is 55.6 Å². The van der Waals surface area contributed by atoms with E-state index in [0.29, 0.717) is 0 Å². The van der Waals surface area contributed by atoms with Crippen LogP contribution in [0.4, 0.5) is 17.1 Å². The molecule has 0 aromatic heterocycles. The summed E-state index contributed by atoms with van der Waals surface area (Å²) in [5.74, 6) is 0. The molecule has 0 heterocycles. The van der Waals surface area contributed by atoms with Crippen LogP contribution in [-0.2, 0) is 10.8 Å². The molecule has 59 heavy (non-hydrogen) atoms. The molecule has 0 bridgehead atoms. The fourth-order valence-electron chi connectivity index (χ4n) is 11.0. The van der Waals surface area contributed by atoms with Gasteiger partial charge in [-0.05, 0) is 114 Å². The summed E-state index contributed by atoms with van der Waals surface area (Å²) in [6, 6.07) is 79.2. The lowest BCUT2D eigenvalue weighted by molar-refractivity contribution is 0.660. The van der Waals surface area contributed by atoms with Crippen LogP contribution in [-0.4, -0.2) is 0 Å². The first-order valence-corrected chi connectivity index (χ1v) is 20.8. The van der Waals surface area contributed by atoms with E-state index in [-0.39, 0.29) is 5.41 Å². The largest absolute Gasteiger partial charge is 0.310 e. The first-order chi connectivity index (χ1) is 29.0. The zero-order valence-corrected chi connectivity index (χ0v) is 33.2. The van der Waals surface area contributed by atoms with E-state index in [9.17, 15) is 0 Å². The topological polar surface area (TPSA) is 3.24 Å². The molecule has 3 aliphatic rings. The fourth-order valence-corrected chi connectivity index (χ4v) is 11.0. The quantitative estimate of drug-likeness (QED) is 0.169. The second kappa shape index (κ2) is 12.6. The molecular weight excluding hydrogens is 711 g/mol. The van der Waals surface area contributed by atoms with E-state index < -0.39 is 5.41 Å². The van der Waals surface area contributed by atoms with Crippen molar-refractivity contribution >= 4 is 17.1 Å². The Morgan fingerprint density at radius 3 is 1.42 bits per heavy atom. The van der Waals surface area contributed by atoms with Crippen molar-refractivity contribution in [2.75, 3.05) is 4.90 Å². The van der Waals surface area contributed by atoms with Gasteiger partial charge in [0.1, 0.15) is 0 Å². The van der Waals surface area contributed by atoms with E-state index in [4.69, 9.17) is 0 Å². The van der Waals surface area contributed by atoms with Crippen LogP contribution in [0.3, 0.4) is 0 Å². The predicted molar refractivity (Wildman–Crippen MR) is 246 cm³/mol. The van der Waals surface area contributed by atoms with Crippen molar-refractivity contribution < 1.29 is 0 Å². The Morgan fingerprint density at radius 2 is 0.746 bits per heavy atom. The van der Waals surface area contributed by atoms with Gasteiger partial charge in [-0.2, -0.15) is 0 Å². The highest BCUT2D eigenvalue weighted by atomic mass is 15.1. The van der Waals surface area contributed by atoms with E-state index in [0.717, 1.165) is 17.1 Å². The molecule has 12 rings (SSSR count). The molecule has 0 saturated heterocycles. The summed E-state index contributed by atoms with van der Waals surface area (Å²) >= 11 is 0. The van der Waals surface area contributed by atoms with Crippen LogP contribution in [0.5, 0.6) is 0 Å². The molecule has 9 aromatic carbocycles. The molecular formula is C58H41N. The third kappa shape index (κ3) is 4.67. The summed E-state index contributed by atoms with van der Waals surface area (Å²) in [5, 5.41) is 0. The van der Waals surface area contributed by atoms with Crippen LogP contribution < -0.4 is 4.90 Å². The highest BCUT2D eigenvalue weighted by Gasteiger charge is 2.52. The summed E-state index contributed by atoms with van der Waals surface area (Å²) < 4.78 is 0. The van der Waals surface area contributed by atoms with Gasteiger partial charge in [0, 0.05) is 22.4 Å². The zero-order chi connectivity index (χ0) is 39.3. The van der Waals surface area contributed by atoms with Crippen molar-refractivity contribution in [1.29, 1.82) is 0 Å². The predicted octanol–water partition coefficient (Wildman–Crippen LogP) is 15.1. The van der Waals surface area contributed by atoms with Gasteiger partial charge in [-0.25, -0.2) is 0 Å². The van der Waals surface area contributed by atoms with Crippen LogP contribution in [0.15, 0.2) is 212 Å². The number of nitrogens with zero attached hydrogens (tertiary/aromatic N) is 1. The molecule has 1 spiro atoms. The summed E-state index contributed by atoms with van der Waals surface area (Å²) in [7, 11) is 0. The monoisotopic (exact) mass is 751 g/mol. The molecule has 0 amide bonds. The summed E-state index contributed by atoms with van der Waals surface area (Å²) in [4.78, 5) is 2.51. The normalized spacial score (nSPS) is 15.8. The van der Waals surface area contributed by atoms with Gasteiger partial charge in [0.25, 0.3) is 0 Å². The van der Waals surface area contributed by atoms with E-state index in [1.807, 2.05) is 0 Å². The van der Waals surface area contributed by atoms with Gasteiger partial charge < -0.3 is 4.90 Å². The number of rotatable bonds is 5. The number of benzene rings is 9. The van der Waals surface area contributed by atoms with E-state index in [1.165, 1.54) is 89.0 Å². The standard InChI is InChI=1S/C58H41N/c1-57(2)49-27-13-9-23-44(49)46-34-32-40(36-53(46)57)59(55-31-16-12-22-42(55)38-18-5-3-6-19-38)41-33-35-47-45-24-10-14-28-50(45)58(54(47)37-41)51-29-15-11-25-48(51)56-43(26-17-30-52(56)58)39-20-7-4-8-21-39/h3-37H,1-2H3. The highest BCUT2D eigenvalue weighted by molar-refractivity contribution is 6.01. The Balaban J connectivity index is 1.14. The number of hydrogen-bond donors (Lipinski definition) is 0. The third-order valence-corrected chi connectivity index (χ3v) is 13.5. The average molecular weight is 752 g/mol. The minimum atomic E-state index is -0.495. The van der Waals surface area contributed by atoms with Crippen molar-refractivity contribution in [2.24, 2.45) is 0 Å². The van der Waals surface area contributed by atoms with Crippen LogP contribution in [0, 0.1) is 0 Å². The summed E-state index contributed by atoms with van der Waals surface area (Å²) in [6.45, 7) is 4.75. The molecule has 1 unspecified atom stereocenters. The third-order valence-electron chi connectivity index (χ3n) is 13.5. The lowest BCUT2D eigenvalue weighted by atomic mass is 9.70. The van der Waals surface area contributed by atoms with Crippen molar-refractivity contribution in [2.45, 2.75) is 24.7 Å². The molecule has 9 aromatic rings. The van der Waals surface area contributed by atoms with Gasteiger partial charge in [0.2, 0.25) is 0 Å². The minimum Gasteiger partial charge on any atom is -0.310 e. The zero-order valence-electron chi connectivity index (χ0n) is 33.2. The Morgan fingerprint density at radius 1 is 0.305 bits per heavy atom. The SMILES string of the molecule is CC1(C)c2ccccc2-c2ccc(N(c3ccc4c(c3)C3(c5ccccc5-4)c4ccccc4-c4c(-c5ccccc5)cccc43)c3ccccc3-c3ccccc3)cc21. The smallest absolute Gasteiger partial charge is 0.0726 e. The molecule has 0 saturated carbocycles. The minimum absolute atomic E-state index is 0.135. The second-order valence-electron chi connectivity index (χ2n) is 16.8. The van der Waals surface area contributed by atoms with Crippen molar-refractivity contribution in [3.8, 4) is 55.6 Å². The number of para-hydroxylation sites is 1. The maximum atomic E-state index is 2.52. The van der Waals surface area contributed by atoms with Crippen molar-refractivity contribution in [3.63, 3.8) is 0 Å². The van der Waals surface area contributed by atoms with E-state index >= 15 is 0 Å². The van der Waals surface area contributed by atoms with Crippen LogP contribution >= 0.6 is 0 Å². The molecule has 0 N–H and O–H groups in total. The number of hydrogen-bond acceptors (Lipinski definition) is 1. The first kappa shape index (κ1) is 33.9. The summed E-state index contributed by atoms with van der Waals surface area (Å²) in [6.07, 6.45) is 0. The van der Waals surface area contributed by atoms with Crippen LogP contribution in [0.2, 0.25) is 0 Å². The Kier molecular flexibility index (Phi) is 7.26. The molecule has 1 heteroatoms. The van der Waals surface area contributed by atoms with Gasteiger partial charge in [0.05, 0.1) is 11.1 Å². The Labute approximate surface area is 346 Å². The average Bonchev–Trinajstić information content (AvgIpc) is 3.85. The van der Waals surface area contributed by atoms with Gasteiger partial charge in [-0.1, -0.05) is 196 Å². The maximum absolute atomic E-state index is 2.52. The first-order valence-electron chi connectivity index (χ1n) is 20.8. The van der Waals surface area contributed by atoms with Gasteiger partial charge in [0.15, 0.2) is 0 Å². The van der Waals surface area contributed by atoms with E-state index in [1.54, 1.807) is 0 Å². The van der Waals surface area contributed by atoms with Gasteiger partial charge in [-0.15, -0.1) is 0 Å². The van der Waals surface area contributed by atoms with Gasteiger partial charge in [-0.3, -0.25) is 0 Å². The Bertz CT molecular complexity index is 3140. The highest BCUT2D eigenvalue weighted by Crippen LogP contribution is 2.65. The molecule has 3 aliphatic carbocycles. The van der Waals surface area contributed by atoms with Gasteiger partial charge >= 0.3 is 0 Å². The van der Waals surface area contributed by atoms with Crippen molar-refractivity contribution in [3.05, 3.63) is 246 Å².